The standard InChI is InChI=1S/C63H61BN2O/c1-38-32-39(2)57(40(3)33-38)42-34-50-49-37-45(63(10,11)12)25-29-52(49)66(46-26-22-43(23-27-46)61(4,5)6)64-59(50)54(35-42)65(53-30-31-56-58(60(53)64)47-20-16-17-21-55(47)67-56)51-28-24-44(62(7,8)9)36-48(51)41-18-14-13-15-19-41/h13-37H,1-12H3. The Hall–Kier alpha value is -6.78. The second kappa shape index (κ2) is 15.1. The predicted molar refractivity (Wildman–Crippen MR) is 289 cm³/mol. The molecule has 2 aliphatic rings. The quantitative estimate of drug-likeness (QED) is 0.164. The van der Waals surface area contributed by atoms with Gasteiger partial charge in [0.2, 0.25) is 0 Å². The summed E-state index contributed by atoms with van der Waals surface area (Å²) in [7, 11) is 0. The number of furan rings is 1. The van der Waals surface area contributed by atoms with Crippen LogP contribution in [0.1, 0.15) is 95.7 Å². The molecular weight excluding hydrogens is 812 g/mol. The molecule has 0 unspecified atom stereocenters. The average molecular weight is 873 g/mol. The number of rotatable bonds is 4. The molecule has 0 aliphatic carbocycles. The van der Waals surface area contributed by atoms with Gasteiger partial charge in [0.1, 0.15) is 11.2 Å². The van der Waals surface area contributed by atoms with Gasteiger partial charge in [-0.3, -0.25) is 0 Å². The van der Waals surface area contributed by atoms with E-state index in [1.165, 1.54) is 89.1 Å². The number of hydrogen-bond acceptors (Lipinski definition) is 3. The topological polar surface area (TPSA) is 19.6 Å². The van der Waals surface area contributed by atoms with Crippen LogP contribution in [-0.4, -0.2) is 6.85 Å². The highest BCUT2D eigenvalue weighted by Crippen LogP contribution is 2.52. The highest BCUT2D eigenvalue weighted by atomic mass is 16.3. The van der Waals surface area contributed by atoms with Gasteiger partial charge in [-0.2, -0.15) is 0 Å². The van der Waals surface area contributed by atoms with Crippen LogP contribution in [0.2, 0.25) is 0 Å². The van der Waals surface area contributed by atoms with Crippen LogP contribution in [-0.2, 0) is 16.2 Å². The monoisotopic (exact) mass is 872 g/mol. The van der Waals surface area contributed by atoms with Crippen LogP contribution in [0.3, 0.4) is 0 Å². The first-order chi connectivity index (χ1) is 31.9. The van der Waals surface area contributed by atoms with Gasteiger partial charge < -0.3 is 14.1 Å². The van der Waals surface area contributed by atoms with Crippen LogP contribution in [0.25, 0.3) is 55.3 Å². The van der Waals surface area contributed by atoms with Gasteiger partial charge in [0.15, 0.2) is 0 Å². The fourth-order valence-electron chi connectivity index (χ4n) is 11.2. The van der Waals surface area contributed by atoms with E-state index in [1.807, 2.05) is 0 Å². The minimum atomic E-state index is -0.197. The van der Waals surface area contributed by atoms with Crippen LogP contribution >= 0.6 is 0 Å². The van der Waals surface area contributed by atoms with Gasteiger partial charge in [0, 0.05) is 44.6 Å². The highest BCUT2D eigenvalue weighted by Gasteiger charge is 2.47. The third-order valence-corrected chi connectivity index (χ3v) is 14.6. The molecule has 0 N–H and O–H groups in total. The fraction of sp³-hybridized carbons (Fsp3) is 0.238. The number of hydrogen-bond donors (Lipinski definition) is 0. The Balaban J connectivity index is 1.34. The number of nitrogens with zero attached hydrogens (tertiary/aromatic N) is 2. The Morgan fingerprint density at radius 2 is 1.01 bits per heavy atom. The molecule has 67 heavy (non-hydrogen) atoms. The zero-order valence-corrected chi connectivity index (χ0v) is 41.3. The zero-order valence-electron chi connectivity index (χ0n) is 41.3. The van der Waals surface area contributed by atoms with E-state index in [4.69, 9.17) is 4.42 Å². The maximum Gasteiger partial charge on any atom is 0.333 e. The summed E-state index contributed by atoms with van der Waals surface area (Å²) in [5.74, 6) is 0. The molecule has 3 heterocycles. The molecule has 0 saturated carbocycles. The van der Waals surface area contributed by atoms with Crippen molar-refractivity contribution < 1.29 is 4.42 Å². The average Bonchev–Trinajstić information content (AvgIpc) is 3.67. The molecule has 0 amide bonds. The first-order valence-corrected chi connectivity index (χ1v) is 24.1. The summed E-state index contributed by atoms with van der Waals surface area (Å²) >= 11 is 0. The van der Waals surface area contributed by atoms with E-state index >= 15 is 0 Å². The van der Waals surface area contributed by atoms with Crippen LogP contribution in [0.4, 0.5) is 28.4 Å². The number of aryl methyl sites for hydroxylation is 3. The summed E-state index contributed by atoms with van der Waals surface area (Å²) in [4.78, 5) is 5.27. The highest BCUT2D eigenvalue weighted by molar-refractivity contribution is 6.95. The summed E-state index contributed by atoms with van der Waals surface area (Å²) < 4.78 is 6.83. The minimum Gasteiger partial charge on any atom is -0.456 e. The van der Waals surface area contributed by atoms with Crippen LogP contribution < -0.4 is 20.6 Å². The van der Waals surface area contributed by atoms with E-state index in [0.717, 1.165) is 39.0 Å². The van der Waals surface area contributed by atoms with Gasteiger partial charge in [0.25, 0.3) is 0 Å². The van der Waals surface area contributed by atoms with E-state index in [1.54, 1.807) is 0 Å². The summed E-state index contributed by atoms with van der Waals surface area (Å²) in [5, 5.41) is 2.29. The van der Waals surface area contributed by atoms with Crippen molar-refractivity contribution in [3.8, 4) is 33.4 Å². The van der Waals surface area contributed by atoms with Gasteiger partial charge in [-0.1, -0.05) is 153 Å². The third kappa shape index (κ3) is 6.94. The van der Waals surface area contributed by atoms with Crippen molar-refractivity contribution in [2.24, 2.45) is 0 Å². The molecule has 0 saturated heterocycles. The Bertz CT molecular complexity index is 3420. The molecule has 0 fully saturated rings. The van der Waals surface area contributed by atoms with Crippen LogP contribution in [0, 0.1) is 20.8 Å². The number of para-hydroxylation sites is 1. The molecular formula is C63H61BN2O. The van der Waals surface area contributed by atoms with Gasteiger partial charge in [0.05, 0.1) is 5.69 Å². The zero-order chi connectivity index (χ0) is 46.9. The lowest BCUT2D eigenvalue weighted by Crippen LogP contribution is -2.61. The molecule has 1 aromatic heterocycles. The van der Waals surface area contributed by atoms with E-state index in [9.17, 15) is 0 Å². The second-order valence-electron chi connectivity index (χ2n) is 22.4. The number of fused-ring (bicyclic) bond motifs is 8. The molecule has 332 valence electrons. The summed E-state index contributed by atoms with van der Waals surface area (Å²) in [6, 6.07) is 57.8. The first-order valence-electron chi connectivity index (χ1n) is 24.1. The molecule has 3 nitrogen and oxygen atoms in total. The minimum absolute atomic E-state index is 0.0150. The lowest BCUT2D eigenvalue weighted by Gasteiger charge is -2.47. The largest absolute Gasteiger partial charge is 0.456 e. The molecule has 0 bridgehead atoms. The predicted octanol–water partition coefficient (Wildman–Crippen LogP) is 16.4. The lowest BCUT2D eigenvalue weighted by molar-refractivity contribution is 0.590. The van der Waals surface area contributed by atoms with Crippen LogP contribution in [0.15, 0.2) is 156 Å². The first kappa shape index (κ1) is 42.8. The summed E-state index contributed by atoms with van der Waals surface area (Å²) in [5.41, 5.74) is 25.4. The SMILES string of the molecule is Cc1cc(C)c(-c2cc3c4c(c2)N(c2ccc(C(C)(C)C)cc2-c2ccccc2)c2ccc5oc6ccccc6c5c2B4N(c2ccc(C(C)(C)C)cc2)c2ccc(C(C)(C)C)cc2-3)c(C)c1. The maximum absolute atomic E-state index is 6.83. The van der Waals surface area contributed by atoms with Crippen molar-refractivity contribution in [2.75, 3.05) is 9.71 Å². The fourth-order valence-corrected chi connectivity index (χ4v) is 11.2. The molecule has 0 radical (unpaired) electrons. The maximum atomic E-state index is 6.83. The smallest absolute Gasteiger partial charge is 0.333 e. The van der Waals surface area contributed by atoms with Crippen molar-refractivity contribution >= 4 is 68.1 Å². The molecule has 9 aromatic rings. The van der Waals surface area contributed by atoms with Crippen LogP contribution in [0.5, 0.6) is 0 Å². The molecule has 0 atom stereocenters. The summed E-state index contributed by atoms with van der Waals surface area (Å²) in [6.45, 7) is 27.4. The Morgan fingerprint density at radius 1 is 0.433 bits per heavy atom. The van der Waals surface area contributed by atoms with Crippen molar-refractivity contribution in [3.05, 3.63) is 185 Å². The Kier molecular flexibility index (Phi) is 9.67. The van der Waals surface area contributed by atoms with Crippen molar-refractivity contribution in [1.29, 1.82) is 0 Å². The van der Waals surface area contributed by atoms with E-state index in [0.29, 0.717) is 0 Å². The summed E-state index contributed by atoms with van der Waals surface area (Å²) in [6.07, 6.45) is 0. The molecule has 4 heteroatoms. The molecule has 2 aliphatic heterocycles. The van der Waals surface area contributed by atoms with E-state index in [2.05, 4.69) is 244 Å². The van der Waals surface area contributed by atoms with Crippen molar-refractivity contribution in [3.63, 3.8) is 0 Å². The Morgan fingerprint density at radius 3 is 1.67 bits per heavy atom. The number of anilines is 5. The molecule has 8 aromatic carbocycles. The van der Waals surface area contributed by atoms with Gasteiger partial charge in [-0.15, -0.1) is 0 Å². The van der Waals surface area contributed by atoms with Crippen molar-refractivity contribution in [1.82, 2.24) is 0 Å². The van der Waals surface area contributed by atoms with E-state index < -0.39 is 0 Å². The Labute approximate surface area is 398 Å². The van der Waals surface area contributed by atoms with Crippen molar-refractivity contribution in [2.45, 2.75) is 99.3 Å². The number of benzene rings is 8. The molecule has 0 spiro atoms. The third-order valence-electron chi connectivity index (χ3n) is 14.6. The molecule has 11 rings (SSSR count). The second-order valence-corrected chi connectivity index (χ2v) is 22.4. The van der Waals surface area contributed by atoms with Gasteiger partial charge >= 0.3 is 6.85 Å². The van der Waals surface area contributed by atoms with Gasteiger partial charge in [-0.05, 0) is 165 Å². The van der Waals surface area contributed by atoms with E-state index in [-0.39, 0.29) is 23.1 Å². The normalized spacial score (nSPS) is 13.6. The van der Waals surface area contributed by atoms with Gasteiger partial charge in [-0.25, -0.2) is 0 Å². The lowest BCUT2D eigenvalue weighted by atomic mass is 9.42.